The van der Waals surface area contributed by atoms with Crippen molar-refractivity contribution in [3.63, 3.8) is 0 Å². The Kier molecular flexibility index (Phi) is 3.46. The SMILES string of the molecule is CCc1nn(C)c(CC2CCCN2)c1Br. The van der Waals surface area contributed by atoms with Crippen molar-refractivity contribution in [1.29, 1.82) is 0 Å². The smallest absolute Gasteiger partial charge is 0.0766 e. The van der Waals surface area contributed by atoms with Gasteiger partial charge in [0.25, 0.3) is 0 Å². The van der Waals surface area contributed by atoms with Crippen LogP contribution in [0.25, 0.3) is 0 Å². The van der Waals surface area contributed by atoms with E-state index in [1.165, 1.54) is 35.2 Å². The lowest BCUT2D eigenvalue weighted by Gasteiger charge is -2.10. The highest BCUT2D eigenvalue weighted by Crippen LogP contribution is 2.24. The average molecular weight is 272 g/mol. The van der Waals surface area contributed by atoms with Gasteiger partial charge in [-0.1, -0.05) is 6.92 Å². The Balaban J connectivity index is 2.15. The van der Waals surface area contributed by atoms with Crippen molar-refractivity contribution >= 4 is 15.9 Å². The first-order chi connectivity index (χ1) is 7.22. The van der Waals surface area contributed by atoms with E-state index >= 15 is 0 Å². The van der Waals surface area contributed by atoms with Crippen LogP contribution in [0.5, 0.6) is 0 Å². The molecule has 0 amide bonds. The van der Waals surface area contributed by atoms with Crippen LogP contribution in [0.15, 0.2) is 4.47 Å². The van der Waals surface area contributed by atoms with Gasteiger partial charge >= 0.3 is 0 Å². The molecule has 1 unspecified atom stereocenters. The maximum absolute atomic E-state index is 4.51. The molecule has 84 valence electrons. The van der Waals surface area contributed by atoms with Gasteiger partial charge in [0.05, 0.1) is 15.9 Å². The zero-order chi connectivity index (χ0) is 10.8. The number of hydrogen-bond donors (Lipinski definition) is 1. The van der Waals surface area contributed by atoms with E-state index in [9.17, 15) is 0 Å². The fraction of sp³-hybridized carbons (Fsp3) is 0.727. The van der Waals surface area contributed by atoms with E-state index in [-0.39, 0.29) is 0 Å². The number of halogens is 1. The number of nitrogens with zero attached hydrogens (tertiary/aromatic N) is 2. The minimum Gasteiger partial charge on any atom is -0.314 e. The number of hydrogen-bond acceptors (Lipinski definition) is 2. The highest BCUT2D eigenvalue weighted by molar-refractivity contribution is 9.10. The molecule has 1 aromatic heterocycles. The van der Waals surface area contributed by atoms with E-state index in [0.29, 0.717) is 6.04 Å². The molecule has 0 aromatic carbocycles. The molecule has 15 heavy (non-hydrogen) atoms. The summed E-state index contributed by atoms with van der Waals surface area (Å²) in [6.45, 7) is 3.31. The quantitative estimate of drug-likeness (QED) is 0.912. The van der Waals surface area contributed by atoms with Gasteiger partial charge in [-0.2, -0.15) is 5.10 Å². The standard InChI is InChI=1S/C11H18BrN3/c1-3-9-11(12)10(15(2)14-9)7-8-5-4-6-13-8/h8,13H,3-7H2,1-2H3. The van der Waals surface area contributed by atoms with Crippen molar-refractivity contribution in [3.8, 4) is 0 Å². The molecule has 1 aliphatic rings. The molecule has 1 fully saturated rings. The molecular weight excluding hydrogens is 254 g/mol. The van der Waals surface area contributed by atoms with Crippen molar-refractivity contribution in [2.75, 3.05) is 6.54 Å². The Morgan fingerprint density at radius 2 is 2.40 bits per heavy atom. The first-order valence-corrected chi connectivity index (χ1v) is 6.45. The molecular formula is C11H18BrN3. The van der Waals surface area contributed by atoms with Crippen molar-refractivity contribution in [3.05, 3.63) is 15.9 Å². The topological polar surface area (TPSA) is 29.9 Å². The Labute approximate surface area is 99.4 Å². The van der Waals surface area contributed by atoms with Crippen molar-refractivity contribution in [1.82, 2.24) is 15.1 Å². The summed E-state index contributed by atoms with van der Waals surface area (Å²) in [5.74, 6) is 0. The molecule has 0 aliphatic carbocycles. The molecule has 0 saturated carbocycles. The molecule has 0 spiro atoms. The van der Waals surface area contributed by atoms with Crippen LogP contribution in [-0.4, -0.2) is 22.4 Å². The molecule has 4 heteroatoms. The largest absolute Gasteiger partial charge is 0.314 e. The van der Waals surface area contributed by atoms with Crippen LogP contribution in [-0.2, 0) is 19.9 Å². The molecule has 3 nitrogen and oxygen atoms in total. The van der Waals surface area contributed by atoms with Crippen LogP contribution in [0.1, 0.15) is 31.2 Å². The predicted molar refractivity (Wildman–Crippen MR) is 65.0 cm³/mol. The molecule has 1 atom stereocenters. The lowest BCUT2D eigenvalue weighted by molar-refractivity contribution is 0.569. The summed E-state index contributed by atoms with van der Waals surface area (Å²) in [5.41, 5.74) is 2.50. The summed E-state index contributed by atoms with van der Waals surface area (Å²) >= 11 is 3.66. The summed E-state index contributed by atoms with van der Waals surface area (Å²) < 4.78 is 3.23. The summed E-state index contributed by atoms with van der Waals surface area (Å²) in [4.78, 5) is 0. The van der Waals surface area contributed by atoms with Gasteiger partial charge in [-0.15, -0.1) is 0 Å². The molecule has 1 N–H and O–H groups in total. The summed E-state index contributed by atoms with van der Waals surface area (Å²) in [6.07, 6.45) is 4.68. The number of nitrogens with one attached hydrogen (secondary N) is 1. The van der Waals surface area contributed by atoms with E-state index in [4.69, 9.17) is 0 Å². The fourth-order valence-electron chi connectivity index (χ4n) is 2.21. The zero-order valence-corrected chi connectivity index (χ0v) is 11.0. The number of aromatic nitrogens is 2. The zero-order valence-electron chi connectivity index (χ0n) is 9.39. The third kappa shape index (κ3) is 2.26. The van der Waals surface area contributed by atoms with Crippen LogP contribution >= 0.6 is 15.9 Å². The Hall–Kier alpha value is -0.350. The number of aryl methyl sites for hydroxylation is 2. The summed E-state index contributed by atoms with van der Waals surface area (Å²) in [6, 6.07) is 0.640. The second-order valence-electron chi connectivity index (χ2n) is 4.18. The van der Waals surface area contributed by atoms with Crippen LogP contribution < -0.4 is 5.32 Å². The van der Waals surface area contributed by atoms with Gasteiger partial charge in [-0.3, -0.25) is 4.68 Å². The normalized spacial score (nSPS) is 21.1. The van der Waals surface area contributed by atoms with Crippen LogP contribution in [0.2, 0.25) is 0 Å². The first kappa shape index (κ1) is 11.1. The maximum atomic E-state index is 4.51. The van der Waals surface area contributed by atoms with Crippen LogP contribution in [0, 0.1) is 0 Å². The molecule has 1 aromatic rings. The van der Waals surface area contributed by atoms with Gasteiger partial charge in [0.15, 0.2) is 0 Å². The second-order valence-corrected chi connectivity index (χ2v) is 4.97. The minimum atomic E-state index is 0.640. The minimum absolute atomic E-state index is 0.640. The van der Waals surface area contributed by atoms with Gasteiger partial charge in [-0.25, -0.2) is 0 Å². The molecule has 0 radical (unpaired) electrons. The van der Waals surface area contributed by atoms with Crippen molar-refractivity contribution in [2.24, 2.45) is 7.05 Å². The third-order valence-electron chi connectivity index (χ3n) is 3.11. The third-order valence-corrected chi connectivity index (χ3v) is 4.02. The van der Waals surface area contributed by atoms with Gasteiger partial charge in [0.2, 0.25) is 0 Å². The Morgan fingerprint density at radius 3 is 2.93 bits per heavy atom. The van der Waals surface area contributed by atoms with Crippen molar-refractivity contribution < 1.29 is 0 Å². The molecule has 1 saturated heterocycles. The van der Waals surface area contributed by atoms with Crippen molar-refractivity contribution in [2.45, 2.75) is 38.6 Å². The summed E-state index contributed by atoms with van der Waals surface area (Å²) in [5, 5.41) is 8.04. The van der Waals surface area contributed by atoms with Gasteiger partial charge in [0.1, 0.15) is 0 Å². The van der Waals surface area contributed by atoms with Crippen LogP contribution in [0.4, 0.5) is 0 Å². The van der Waals surface area contributed by atoms with E-state index in [1.807, 2.05) is 11.7 Å². The highest BCUT2D eigenvalue weighted by Gasteiger charge is 2.19. The average Bonchev–Trinajstić information content (AvgIpc) is 2.81. The van der Waals surface area contributed by atoms with E-state index in [1.54, 1.807) is 0 Å². The predicted octanol–water partition coefficient (Wildman–Crippen LogP) is 2.04. The number of rotatable bonds is 3. The lowest BCUT2D eigenvalue weighted by atomic mass is 10.1. The molecule has 2 rings (SSSR count). The monoisotopic (exact) mass is 271 g/mol. The Morgan fingerprint density at radius 1 is 1.60 bits per heavy atom. The first-order valence-electron chi connectivity index (χ1n) is 5.66. The molecule has 1 aliphatic heterocycles. The molecule has 0 bridgehead atoms. The Bertz CT molecular complexity index is 340. The summed E-state index contributed by atoms with van der Waals surface area (Å²) in [7, 11) is 2.04. The van der Waals surface area contributed by atoms with Gasteiger partial charge in [-0.05, 0) is 41.7 Å². The fourth-order valence-corrected chi connectivity index (χ4v) is 2.98. The van der Waals surface area contributed by atoms with E-state index < -0.39 is 0 Å². The lowest BCUT2D eigenvalue weighted by Crippen LogP contribution is -2.24. The second kappa shape index (κ2) is 4.66. The van der Waals surface area contributed by atoms with Gasteiger partial charge < -0.3 is 5.32 Å². The van der Waals surface area contributed by atoms with Gasteiger partial charge in [0, 0.05) is 19.5 Å². The van der Waals surface area contributed by atoms with E-state index in [0.717, 1.165) is 12.8 Å². The highest BCUT2D eigenvalue weighted by atomic mass is 79.9. The maximum Gasteiger partial charge on any atom is 0.0766 e. The van der Waals surface area contributed by atoms with Crippen LogP contribution in [0.3, 0.4) is 0 Å². The van der Waals surface area contributed by atoms with E-state index in [2.05, 4.69) is 33.3 Å². The molecule has 2 heterocycles.